The number of hydrogen-bond acceptors (Lipinski definition) is 2. The van der Waals surface area contributed by atoms with Crippen LogP contribution in [0.1, 0.15) is 11.3 Å². The van der Waals surface area contributed by atoms with E-state index < -0.39 is 0 Å². The monoisotopic (exact) mass is 188 g/mol. The second-order valence-electron chi connectivity index (χ2n) is 3.12. The lowest BCUT2D eigenvalue weighted by Crippen LogP contribution is -2.11. The van der Waals surface area contributed by atoms with Gasteiger partial charge in [0.1, 0.15) is 6.61 Å². The summed E-state index contributed by atoms with van der Waals surface area (Å²) in [7, 11) is 0. The van der Waals surface area contributed by atoms with Gasteiger partial charge < -0.3 is 4.84 Å². The summed E-state index contributed by atoms with van der Waals surface area (Å²) in [6, 6.07) is 11.9. The molecule has 3 nitrogen and oxygen atoms in total. The second-order valence-corrected chi connectivity index (χ2v) is 3.12. The van der Waals surface area contributed by atoms with Crippen molar-refractivity contribution in [3.8, 4) is 0 Å². The Morgan fingerprint density at radius 3 is 2.64 bits per heavy atom. The highest BCUT2D eigenvalue weighted by Gasteiger charge is 1.94. The topological polar surface area (TPSA) is 27.1 Å². The van der Waals surface area contributed by atoms with Crippen LogP contribution in [-0.2, 0) is 6.61 Å². The molecular formula is C11H12N2O. The van der Waals surface area contributed by atoms with Crippen LogP contribution >= 0.6 is 0 Å². The van der Waals surface area contributed by atoms with Gasteiger partial charge in [-0.25, -0.2) is 0 Å². The molecule has 0 atom stereocenters. The molecule has 2 aromatic rings. The highest BCUT2D eigenvalue weighted by atomic mass is 16.7. The minimum atomic E-state index is 0.544. The van der Waals surface area contributed by atoms with E-state index in [9.17, 15) is 0 Å². The average molecular weight is 188 g/mol. The van der Waals surface area contributed by atoms with E-state index >= 15 is 0 Å². The first-order valence-corrected chi connectivity index (χ1v) is 4.54. The molecule has 0 bridgehead atoms. The van der Waals surface area contributed by atoms with E-state index in [0.717, 1.165) is 11.3 Å². The molecule has 72 valence electrons. The molecule has 1 heterocycles. The Bertz CT molecular complexity index is 395. The minimum Gasteiger partial charge on any atom is -0.392 e. The zero-order valence-corrected chi connectivity index (χ0v) is 8.05. The van der Waals surface area contributed by atoms with Gasteiger partial charge in [0.15, 0.2) is 0 Å². The van der Waals surface area contributed by atoms with E-state index in [1.807, 2.05) is 43.3 Å². The Balaban J connectivity index is 1.95. The molecule has 0 aliphatic heterocycles. The molecule has 0 saturated heterocycles. The van der Waals surface area contributed by atoms with Gasteiger partial charge in [0.05, 0.1) is 11.9 Å². The second kappa shape index (κ2) is 3.96. The van der Waals surface area contributed by atoms with Crippen molar-refractivity contribution in [2.45, 2.75) is 13.5 Å². The van der Waals surface area contributed by atoms with Crippen molar-refractivity contribution < 1.29 is 4.84 Å². The number of aromatic nitrogens is 2. The van der Waals surface area contributed by atoms with Gasteiger partial charge >= 0.3 is 0 Å². The van der Waals surface area contributed by atoms with E-state index in [0.29, 0.717) is 6.61 Å². The Labute approximate surface area is 82.9 Å². The van der Waals surface area contributed by atoms with E-state index in [1.54, 1.807) is 6.20 Å². The lowest BCUT2D eigenvalue weighted by Gasteiger charge is -2.04. The third-order valence-corrected chi connectivity index (χ3v) is 1.91. The molecule has 0 unspecified atom stereocenters. The van der Waals surface area contributed by atoms with E-state index in [1.165, 1.54) is 4.85 Å². The molecule has 0 saturated carbocycles. The zero-order valence-electron chi connectivity index (χ0n) is 8.05. The number of nitrogens with zero attached hydrogens (tertiary/aromatic N) is 2. The lowest BCUT2D eigenvalue weighted by molar-refractivity contribution is 0.0695. The van der Waals surface area contributed by atoms with Crippen molar-refractivity contribution in [1.82, 2.24) is 9.94 Å². The first-order valence-electron chi connectivity index (χ1n) is 4.54. The van der Waals surface area contributed by atoms with Gasteiger partial charge in [-0.15, -0.1) is 9.94 Å². The zero-order chi connectivity index (χ0) is 9.80. The fraction of sp³-hybridized carbons (Fsp3) is 0.182. The molecule has 0 fully saturated rings. The van der Waals surface area contributed by atoms with Crippen molar-refractivity contribution in [1.29, 1.82) is 0 Å². The van der Waals surface area contributed by atoms with Gasteiger partial charge in [0.2, 0.25) is 0 Å². The van der Waals surface area contributed by atoms with Crippen LogP contribution < -0.4 is 4.84 Å². The Morgan fingerprint density at radius 1 is 1.21 bits per heavy atom. The molecule has 0 N–H and O–H groups in total. The van der Waals surface area contributed by atoms with E-state index in [2.05, 4.69) is 5.10 Å². The maximum Gasteiger partial charge on any atom is 0.142 e. The van der Waals surface area contributed by atoms with Crippen LogP contribution in [-0.4, -0.2) is 9.94 Å². The molecule has 0 radical (unpaired) electrons. The molecular weight excluding hydrogens is 176 g/mol. The summed E-state index contributed by atoms with van der Waals surface area (Å²) >= 11 is 0. The van der Waals surface area contributed by atoms with Crippen molar-refractivity contribution >= 4 is 0 Å². The van der Waals surface area contributed by atoms with Crippen LogP contribution in [0.5, 0.6) is 0 Å². The Hall–Kier alpha value is -1.77. The van der Waals surface area contributed by atoms with Crippen LogP contribution in [0.4, 0.5) is 0 Å². The first-order chi connectivity index (χ1) is 6.84. The minimum absolute atomic E-state index is 0.544. The molecule has 0 aliphatic carbocycles. The number of aryl methyl sites for hydroxylation is 1. The summed E-state index contributed by atoms with van der Waals surface area (Å²) in [5, 5.41) is 4.12. The number of rotatable bonds is 3. The summed E-state index contributed by atoms with van der Waals surface area (Å²) in [6.45, 7) is 2.48. The van der Waals surface area contributed by atoms with Gasteiger partial charge in [-0.3, -0.25) is 0 Å². The van der Waals surface area contributed by atoms with Crippen molar-refractivity contribution in [2.24, 2.45) is 0 Å². The summed E-state index contributed by atoms with van der Waals surface area (Å²) in [5.74, 6) is 0. The van der Waals surface area contributed by atoms with Gasteiger partial charge in [-0.1, -0.05) is 30.3 Å². The van der Waals surface area contributed by atoms with Crippen molar-refractivity contribution in [2.75, 3.05) is 0 Å². The van der Waals surface area contributed by atoms with Crippen LogP contribution in [0, 0.1) is 6.92 Å². The highest BCUT2D eigenvalue weighted by molar-refractivity contribution is 5.13. The van der Waals surface area contributed by atoms with E-state index in [-0.39, 0.29) is 0 Å². The SMILES string of the molecule is Cc1ccn(OCc2ccccc2)n1. The van der Waals surface area contributed by atoms with Crippen molar-refractivity contribution in [3.63, 3.8) is 0 Å². The standard InChI is InChI=1S/C11H12N2O/c1-10-7-8-13(12-10)14-9-11-5-3-2-4-6-11/h2-8H,9H2,1H3. The molecule has 3 heteroatoms. The average Bonchev–Trinajstić information content (AvgIpc) is 2.63. The largest absolute Gasteiger partial charge is 0.392 e. The predicted molar refractivity (Wildman–Crippen MR) is 53.7 cm³/mol. The fourth-order valence-electron chi connectivity index (χ4n) is 1.18. The maximum atomic E-state index is 5.42. The fourth-order valence-corrected chi connectivity index (χ4v) is 1.18. The summed E-state index contributed by atoms with van der Waals surface area (Å²) in [4.78, 5) is 6.91. The highest BCUT2D eigenvalue weighted by Crippen LogP contribution is 1.99. The molecule has 14 heavy (non-hydrogen) atoms. The molecule has 0 aliphatic rings. The Morgan fingerprint density at radius 2 is 2.00 bits per heavy atom. The predicted octanol–water partition coefficient (Wildman–Crippen LogP) is 1.82. The third kappa shape index (κ3) is 2.13. The first kappa shape index (κ1) is 8.81. The number of benzene rings is 1. The van der Waals surface area contributed by atoms with Gasteiger partial charge in [-0.05, 0) is 18.6 Å². The van der Waals surface area contributed by atoms with Crippen LogP contribution in [0.3, 0.4) is 0 Å². The maximum absolute atomic E-state index is 5.42. The van der Waals surface area contributed by atoms with Gasteiger partial charge in [0.25, 0.3) is 0 Å². The van der Waals surface area contributed by atoms with Crippen LogP contribution in [0.15, 0.2) is 42.6 Å². The number of hydrogen-bond donors (Lipinski definition) is 0. The molecule has 1 aromatic heterocycles. The molecule has 0 spiro atoms. The molecule has 0 amide bonds. The quantitative estimate of drug-likeness (QED) is 0.734. The molecule has 2 rings (SSSR count). The van der Waals surface area contributed by atoms with Crippen molar-refractivity contribution in [3.05, 3.63) is 53.9 Å². The van der Waals surface area contributed by atoms with Crippen LogP contribution in [0.25, 0.3) is 0 Å². The van der Waals surface area contributed by atoms with E-state index in [4.69, 9.17) is 4.84 Å². The van der Waals surface area contributed by atoms with Gasteiger partial charge in [-0.2, -0.15) is 0 Å². The Kier molecular flexibility index (Phi) is 2.49. The van der Waals surface area contributed by atoms with Crippen LogP contribution in [0.2, 0.25) is 0 Å². The third-order valence-electron chi connectivity index (χ3n) is 1.91. The smallest absolute Gasteiger partial charge is 0.142 e. The lowest BCUT2D eigenvalue weighted by atomic mass is 10.2. The normalized spacial score (nSPS) is 10.1. The summed E-state index contributed by atoms with van der Waals surface area (Å²) < 4.78 is 0. The summed E-state index contributed by atoms with van der Waals surface area (Å²) in [5.41, 5.74) is 2.10. The van der Waals surface area contributed by atoms with Gasteiger partial charge in [0, 0.05) is 0 Å². The summed E-state index contributed by atoms with van der Waals surface area (Å²) in [6.07, 6.45) is 1.80. The molecule has 1 aromatic carbocycles.